The molecule has 1 saturated carbocycles. The molecule has 2 fully saturated rings. The number of carbonyl (C=O) groups excluding carboxylic acids is 1. The summed E-state index contributed by atoms with van der Waals surface area (Å²) in [5.74, 6) is 1.22. The van der Waals surface area contributed by atoms with Crippen molar-refractivity contribution >= 4 is 17.5 Å². The lowest BCUT2D eigenvalue weighted by atomic mass is 9.82. The average Bonchev–Trinajstić information content (AvgIpc) is 3.39. The molecule has 1 aromatic carbocycles. The Hall–Kier alpha value is -2.05. The van der Waals surface area contributed by atoms with Gasteiger partial charge in [-0.05, 0) is 69.3 Å². The van der Waals surface area contributed by atoms with Crippen molar-refractivity contribution in [3.05, 3.63) is 47.2 Å². The fourth-order valence-electron chi connectivity index (χ4n) is 4.09. The zero-order chi connectivity index (χ0) is 20.2. The molecule has 1 unspecified atom stereocenters. The Bertz CT molecular complexity index is 814. The first-order valence-electron chi connectivity index (χ1n) is 10.5. The number of nitrogens with one attached hydrogen (secondary N) is 1. The number of hydrogen-bond acceptors (Lipinski definition) is 4. The highest BCUT2D eigenvalue weighted by Gasteiger charge is 2.32. The van der Waals surface area contributed by atoms with Gasteiger partial charge in [-0.15, -0.1) is 0 Å². The van der Waals surface area contributed by atoms with Gasteiger partial charge in [0.15, 0.2) is 0 Å². The summed E-state index contributed by atoms with van der Waals surface area (Å²) in [4.78, 5) is 14.7. The summed E-state index contributed by atoms with van der Waals surface area (Å²) < 4.78 is 7.82. The van der Waals surface area contributed by atoms with E-state index in [0.717, 1.165) is 48.8 Å². The highest BCUT2D eigenvalue weighted by molar-refractivity contribution is 6.32. The van der Waals surface area contributed by atoms with E-state index in [-0.39, 0.29) is 18.1 Å². The molecule has 7 heteroatoms. The molecule has 1 saturated heterocycles. The maximum Gasteiger partial charge on any atom is 0.244 e. The van der Waals surface area contributed by atoms with Crippen LogP contribution in [0.4, 0.5) is 0 Å². The van der Waals surface area contributed by atoms with Crippen molar-refractivity contribution in [2.75, 3.05) is 19.6 Å². The maximum absolute atomic E-state index is 12.3. The van der Waals surface area contributed by atoms with Gasteiger partial charge in [-0.1, -0.05) is 23.7 Å². The molecule has 156 valence electrons. The molecule has 2 heterocycles. The molecule has 1 N–H and O–H groups in total. The average molecular weight is 417 g/mol. The second-order valence-electron chi connectivity index (χ2n) is 8.20. The largest absolute Gasteiger partial charge is 0.489 e. The van der Waals surface area contributed by atoms with Crippen LogP contribution in [0, 0.1) is 5.92 Å². The third-order valence-electron chi connectivity index (χ3n) is 5.99. The van der Waals surface area contributed by atoms with Crippen LogP contribution >= 0.6 is 11.6 Å². The van der Waals surface area contributed by atoms with E-state index >= 15 is 0 Å². The summed E-state index contributed by atoms with van der Waals surface area (Å²) in [7, 11) is 0. The van der Waals surface area contributed by atoms with Crippen LogP contribution in [0.25, 0.3) is 0 Å². The van der Waals surface area contributed by atoms with E-state index in [1.165, 1.54) is 12.8 Å². The monoisotopic (exact) mass is 416 g/mol. The number of ether oxygens (including phenoxy) is 1. The molecule has 4 rings (SSSR count). The third-order valence-corrected chi connectivity index (χ3v) is 6.42. The Labute approximate surface area is 177 Å². The van der Waals surface area contributed by atoms with Crippen LogP contribution in [0.15, 0.2) is 36.7 Å². The summed E-state index contributed by atoms with van der Waals surface area (Å²) in [5, 5.41) is 7.90. The summed E-state index contributed by atoms with van der Waals surface area (Å²) >= 11 is 6.62. The Morgan fingerprint density at radius 2 is 2.10 bits per heavy atom. The quantitative estimate of drug-likeness (QED) is 0.713. The minimum absolute atomic E-state index is 0.00396. The van der Waals surface area contributed by atoms with Gasteiger partial charge in [-0.25, -0.2) is 0 Å². The lowest BCUT2D eigenvalue weighted by molar-refractivity contribution is -0.124. The van der Waals surface area contributed by atoms with Gasteiger partial charge >= 0.3 is 0 Å². The Balaban J connectivity index is 1.22. The van der Waals surface area contributed by atoms with E-state index in [0.29, 0.717) is 12.5 Å². The van der Waals surface area contributed by atoms with Gasteiger partial charge in [0, 0.05) is 25.5 Å². The number of carbonyl (C=O) groups is 1. The number of hydrogen-bond donors (Lipinski definition) is 1. The van der Waals surface area contributed by atoms with Crippen LogP contribution in [-0.4, -0.2) is 46.3 Å². The summed E-state index contributed by atoms with van der Waals surface area (Å²) in [6.07, 6.45) is 8.07. The standard InChI is InChI=1S/C22H29ClN4O2/c1-16(27-11-5-8-25-27)22(28)24-14-17-12-19(13-17)29-20-7-4-6-18(21(20)23)15-26-9-2-3-10-26/h4-8,11,16-17,19H,2-3,9-10,12-15H2,1H3,(H,24,28). The van der Waals surface area contributed by atoms with Gasteiger partial charge in [0.25, 0.3) is 0 Å². The molecule has 1 aromatic heterocycles. The highest BCUT2D eigenvalue weighted by Crippen LogP contribution is 2.36. The van der Waals surface area contributed by atoms with Crippen molar-refractivity contribution < 1.29 is 9.53 Å². The number of aromatic nitrogens is 2. The molecule has 2 aliphatic rings. The molecule has 0 bridgehead atoms. The van der Waals surface area contributed by atoms with Gasteiger partial charge in [0.05, 0.1) is 11.1 Å². The second kappa shape index (κ2) is 9.18. The fraction of sp³-hybridized carbons (Fsp3) is 0.545. The van der Waals surface area contributed by atoms with E-state index in [1.54, 1.807) is 17.1 Å². The van der Waals surface area contributed by atoms with Crippen LogP contribution in [-0.2, 0) is 11.3 Å². The van der Waals surface area contributed by atoms with Crippen molar-refractivity contribution in [2.24, 2.45) is 5.92 Å². The fourth-order valence-corrected chi connectivity index (χ4v) is 4.32. The minimum atomic E-state index is -0.297. The molecule has 1 aliphatic heterocycles. The number of nitrogens with zero attached hydrogens (tertiary/aromatic N) is 3. The Morgan fingerprint density at radius 1 is 1.31 bits per heavy atom. The first-order chi connectivity index (χ1) is 14.1. The Morgan fingerprint density at radius 3 is 2.83 bits per heavy atom. The van der Waals surface area contributed by atoms with E-state index in [9.17, 15) is 4.79 Å². The summed E-state index contributed by atoms with van der Waals surface area (Å²) in [5.41, 5.74) is 1.14. The third kappa shape index (κ3) is 4.93. The van der Waals surface area contributed by atoms with Crippen LogP contribution in [0.2, 0.25) is 5.02 Å². The molecule has 1 aliphatic carbocycles. The summed E-state index contributed by atoms with van der Waals surface area (Å²) in [6, 6.07) is 7.60. The van der Waals surface area contributed by atoms with Crippen molar-refractivity contribution in [1.29, 1.82) is 0 Å². The lowest BCUT2D eigenvalue weighted by Crippen LogP contribution is -2.42. The van der Waals surface area contributed by atoms with Crippen LogP contribution in [0.5, 0.6) is 5.75 Å². The number of rotatable bonds is 8. The smallest absolute Gasteiger partial charge is 0.244 e. The second-order valence-corrected chi connectivity index (χ2v) is 8.57. The molecule has 1 atom stereocenters. The van der Waals surface area contributed by atoms with Crippen molar-refractivity contribution in [2.45, 2.75) is 51.3 Å². The number of amides is 1. The van der Waals surface area contributed by atoms with Gasteiger partial charge in [0.2, 0.25) is 5.91 Å². The maximum atomic E-state index is 12.3. The van der Waals surface area contributed by atoms with Gasteiger partial charge in [-0.3, -0.25) is 14.4 Å². The minimum Gasteiger partial charge on any atom is -0.489 e. The van der Waals surface area contributed by atoms with Crippen LogP contribution < -0.4 is 10.1 Å². The van der Waals surface area contributed by atoms with Crippen LogP contribution in [0.3, 0.4) is 0 Å². The molecule has 0 radical (unpaired) electrons. The molecular formula is C22H29ClN4O2. The zero-order valence-corrected chi connectivity index (χ0v) is 17.6. The summed E-state index contributed by atoms with van der Waals surface area (Å²) in [6.45, 7) is 5.72. The molecule has 6 nitrogen and oxygen atoms in total. The normalized spacial score (nSPS) is 22.8. The predicted molar refractivity (Wildman–Crippen MR) is 113 cm³/mol. The van der Waals surface area contributed by atoms with Crippen molar-refractivity contribution in [3.8, 4) is 5.75 Å². The first kappa shape index (κ1) is 20.2. The van der Waals surface area contributed by atoms with Crippen LogP contribution in [0.1, 0.15) is 44.2 Å². The first-order valence-corrected chi connectivity index (χ1v) is 10.9. The number of benzene rings is 1. The van der Waals surface area contributed by atoms with E-state index in [2.05, 4.69) is 21.4 Å². The SMILES string of the molecule is CC(C(=O)NCC1CC(Oc2cccc(CN3CCCC3)c2Cl)C1)n1cccn1. The van der Waals surface area contributed by atoms with Gasteiger partial charge < -0.3 is 10.1 Å². The number of halogens is 1. The van der Waals surface area contributed by atoms with E-state index in [4.69, 9.17) is 16.3 Å². The topological polar surface area (TPSA) is 59.4 Å². The van der Waals surface area contributed by atoms with E-state index < -0.39 is 0 Å². The molecule has 1 amide bonds. The number of likely N-dealkylation sites (tertiary alicyclic amines) is 1. The molecule has 29 heavy (non-hydrogen) atoms. The molecule has 2 aromatic rings. The van der Waals surface area contributed by atoms with E-state index in [1.807, 2.05) is 25.1 Å². The van der Waals surface area contributed by atoms with Crippen molar-refractivity contribution in [1.82, 2.24) is 20.0 Å². The van der Waals surface area contributed by atoms with Gasteiger partial charge in [0.1, 0.15) is 11.8 Å². The van der Waals surface area contributed by atoms with Crippen molar-refractivity contribution in [3.63, 3.8) is 0 Å². The lowest BCUT2D eigenvalue weighted by Gasteiger charge is -2.36. The van der Waals surface area contributed by atoms with Gasteiger partial charge in [-0.2, -0.15) is 5.10 Å². The Kier molecular flexibility index (Phi) is 6.40. The zero-order valence-electron chi connectivity index (χ0n) is 16.9. The molecule has 0 spiro atoms. The molecular weight excluding hydrogens is 388 g/mol. The predicted octanol–water partition coefficient (Wildman–Crippen LogP) is 3.67. The highest BCUT2D eigenvalue weighted by atomic mass is 35.5.